The van der Waals surface area contributed by atoms with Crippen LogP contribution in [0.3, 0.4) is 0 Å². The van der Waals surface area contributed by atoms with Crippen LogP contribution in [0.4, 0.5) is 0 Å². The van der Waals surface area contributed by atoms with Gasteiger partial charge in [0.2, 0.25) is 0 Å². The zero-order chi connectivity index (χ0) is 24.7. The maximum absolute atomic E-state index is 9.94. The first-order valence-corrected chi connectivity index (χ1v) is 13.4. The molecule has 0 amide bonds. The molecule has 1 atom stereocenters. The summed E-state index contributed by atoms with van der Waals surface area (Å²) in [6.45, 7) is 3.71. The van der Waals surface area contributed by atoms with Gasteiger partial charge in [0.1, 0.15) is 17.6 Å². The molecular weight excluding hydrogens is 446 g/mol. The Hall–Kier alpha value is -3.08. The minimum absolute atomic E-state index is 0.149. The van der Waals surface area contributed by atoms with Gasteiger partial charge >= 0.3 is 0 Å². The first-order chi connectivity index (χ1) is 17.7. The van der Waals surface area contributed by atoms with Crippen LogP contribution in [-0.2, 0) is 6.42 Å². The molecule has 1 fully saturated rings. The molecule has 4 heteroatoms. The zero-order valence-electron chi connectivity index (χ0n) is 21.0. The quantitative estimate of drug-likeness (QED) is 0.351. The number of nitrogens with zero attached hydrogens (tertiary/aromatic N) is 1. The molecule has 188 valence electrons. The zero-order valence-corrected chi connectivity index (χ0v) is 21.0. The molecule has 36 heavy (non-hydrogen) atoms. The predicted octanol–water partition coefficient (Wildman–Crippen LogP) is 6.30. The van der Waals surface area contributed by atoms with E-state index < -0.39 is 0 Å². The van der Waals surface area contributed by atoms with Crippen LogP contribution in [-0.4, -0.2) is 47.5 Å². The largest absolute Gasteiger partial charge is 0.508 e. The molecule has 0 aliphatic carbocycles. The topological polar surface area (TPSA) is 52.9 Å². The van der Waals surface area contributed by atoms with E-state index in [4.69, 9.17) is 4.74 Å². The Balaban J connectivity index is 1.47. The molecule has 0 bridgehead atoms. The van der Waals surface area contributed by atoms with Crippen molar-refractivity contribution >= 4 is 11.1 Å². The number of rotatable bonds is 9. The maximum Gasteiger partial charge on any atom is 0.123 e. The molecule has 2 aliphatic heterocycles. The maximum atomic E-state index is 9.94. The number of hydrogen-bond donors (Lipinski definition) is 2. The first-order valence-electron chi connectivity index (χ1n) is 13.4. The highest BCUT2D eigenvalue weighted by atomic mass is 16.5. The van der Waals surface area contributed by atoms with Gasteiger partial charge in [-0.2, -0.15) is 0 Å². The van der Waals surface area contributed by atoms with Crippen LogP contribution < -0.4 is 4.74 Å². The number of ether oxygens (including phenoxy) is 1. The van der Waals surface area contributed by atoms with Crippen LogP contribution in [0.5, 0.6) is 11.5 Å². The van der Waals surface area contributed by atoms with E-state index >= 15 is 0 Å². The van der Waals surface area contributed by atoms with Crippen molar-refractivity contribution < 1.29 is 14.9 Å². The van der Waals surface area contributed by atoms with Crippen LogP contribution in [0.25, 0.3) is 11.1 Å². The van der Waals surface area contributed by atoms with Crippen LogP contribution in [0.2, 0.25) is 0 Å². The summed E-state index contributed by atoms with van der Waals surface area (Å²) in [6, 6.07) is 24.5. The average Bonchev–Trinajstić information content (AvgIpc) is 3.34. The number of hydrogen-bond acceptors (Lipinski definition) is 4. The number of phenolic OH excluding ortho intramolecular Hbond substituents is 1. The highest BCUT2D eigenvalue weighted by Gasteiger charge is 2.25. The van der Waals surface area contributed by atoms with Crippen molar-refractivity contribution in [3.05, 3.63) is 95.1 Å². The lowest BCUT2D eigenvalue weighted by Gasteiger charge is -2.27. The van der Waals surface area contributed by atoms with Crippen LogP contribution in [0, 0.1) is 0 Å². The molecule has 2 aliphatic rings. The Bertz CT molecular complexity index is 1160. The summed E-state index contributed by atoms with van der Waals surface area (Å²) in [7, 11) is 0. The van der Waals surface area contributed by atoms with Crippen molar-refractivity contribution in [3.63, 3.8) is 0 Å². The lowest BCUT2D eigenvalue weighted by Crippen LogP contribution is -2.33. The normalized spacial score (nSPS) is 18.4. The summed E-state index contributed by atoms with van der Waals surface area (Å²) in [5.41, 5.74) is 6.99. The Labute approximate surface area is 214 Å². The second-order valence-electron chi connectivity index (χ2n) is 10.1. The summed E-state index contributed by atoms with van der Waals surface area (Å²) in [5, 5.41) is 19.6. The molecule has 5 rings (SSSR count). The number of phenols is 1. The molecule has 1 unspecified atom stereocenters. The predicted molar refractivity (Wildman–Crippen MR) is 146 cm³/mol. The first kappa shape index (κ1) is 24.6. The van der Waals surface area contributed by atoms with Gasteiger partial charge < -0.3 is 19.8 Å². The molecule has 3 aromatic carbocycles. The van der Waals surface area contributed by atoms with E-state index in [0.29, 0.717) is 6.42 Å². The monoisotopic (exact) mass is 483 g/mol. The number of likely N-dealkylation sites (tertiary alicyclic amines) is 1. The van der Waals surface area contributed by atoms with Gasteiger partial charge in [0.25, 0.3) is 0 Å². The number of fused-ring (bicyclic) bond motifs is 1. The van der Waals surface area contributed by atoms with Crippen molar-refractivity contribution in [1.29, 1.82) is 0 Å². The molecular formula is C32H37NO3. The number of aliphatic hydroxyl groups excluding tert-OH is 1. The fraction of sp³-hybridized carbons (Fsp3) is 0.375. The van der Waals surface area contributed by atoms with E-state index in [1.165, 1.54) is 43.5 Å². The van der Waals surface area contributed by atoms with Crippen molar-refractivity contribution in [1.82, 2.24) is 4.90 Å². The van der Waals surface area contributed by atoms with E-state index in [2.05, 4.69) is 47.4 Å². The van der Waals surface area contributed by atoms with Crippen molar-refractivity contribution in [2.75, 3.05) is 26.2 Å². The number of aromatic hydroxyl groups is 1. The van der Waals surface area contributed by atoms with E-state index in [9.17, 15) is 10.2 Å². The fourth-order valence-corrected chi connectivity index (χ4v) is 5.60. The lowest BCUT2D eigenvalue weighted by atomic mass is 9.86. The molecule has 2 N–H and O–H groups in total. The van der Waals surface area contributed by atoms with Gasteiger partial charge in [-0.05, 0) is 103 Å². The van der Waals surface area contributed by atoms with Crippen molar-refractivity contribution in [2.24, 2.45) is 0 Å². The van der Waals surface area contributed by atoms with Gasteiger partial charge in [0.05, 0.1) is 0 Å². The molecule has 1 saturated heterocycles. The van der Waals surface area contributed by atoms with E-state index in [1.54, 1.807) is 12.1 Å². The van der Waals surface area contributed by atoms with Gasteiger partial charge in [-0.25, -0.2) is 0 Å². The molecule has 3 aromatic rings. The average molecular weight is 484 g/mol. The minimum atomic E-state index is 0.149. The fourth-order valence-electron chi connectivity index (χ4n) is 5.60. The Morgan fingerprint density at radius 2 is 1.61 bits per heavy atom. The molecule has 0 saturated carbocycles. The van der Waals surface area contributed by atoms with Crippen molar-refractivity contribution in [3.8, 4) is 11.5 Å². The van der Waals surface area contributed by atoms with Gasteiger partial charge in [-0.3, -0.25) is 0 Å². The molecule has 0 spiro atoms. The highest BCUT2D eigenvalue weighted by Crippen LogP contribution is 2.39. The summed E-state index contributed by atoms with van der Waals surface area (Å²) in [5.74, 6) is 1.26. The van der Waals surface area contributed by atoms with Gasteiger partial charge in [0.15, 0.2) is 0 Å². The van der Waals surface area contributed by atoms with E-state index in [1.807, 2.05) is 18.2 Å². The Morgan fingerprint density at radius 3 is 2.36 bits per heavy atom. The standard InChI is InChI=1S/C32H37NO3/c34-21-7-10-30(24-8-3-1-4-9-24)32(25-11-14-28(35)15-12-25)26-13-16-31-27(22-26)23-29(36-31)17-20-33-18-5-2-6-19-33/h1,3-4,8-9,11-16,22,29,34-35H,2,5-7,10,17-21,23H2/b32-30-. The third kappa shape index (κ3) is 5.83. The van der Waals surface area contributed by atoms with E-state index in [0.717, 1.165) is 53.8 Å². The van der Waals surface area contributed by atoms with Gasteiger partial charge in [-0.1, -0.05) is 55.0 Å². The summed E-state index contributed by atoms with van der Waals surface area (Å²) >= 11 is 0. The third-order valence-electron chi connectivity index (χ3n) is 7.47. The van der Waals surface area contributed by atoms with Gasteiger partial charge in [-0.15, -0.1) is 0 Å². The van der Waals surface area contributed by atoms with Crippen LogP contribution >= 0.6 is 0 Å². The van der Waals surface area contributed by atoms with Crippen LogP contribution in [0.15, 0.2) is 72.8 Å². The number of benzene rings is 3. The van der Waals surface area contributed by atoms with Crippen molar-refractivity contribution in [2.45, 2.75) is 51.0 Å². The highest BCUT2D eigenvalue weighted by molar-refractivity contribution is 5.98. The number of allylic oxidation sites excluding steroid dienone is 1. The summed E-state index contributed by atoms with van der Waals surface area (Å²) < 4.78 is 6.36. The van der Waals surface area contributed by atoms with Gasteiger partial charge in [0, 0.05) is 19.6 Å². The Kier molecular flexibility index (Phi) is 8.04. The summed E-state index contributed by atoms with van der Waals surface area (Å²) in [4.78, 5) is 2.58. The van der Waals surface area contributed by atoms with E-state index in [-0.39, 0.29) is 18.5 Å². The molecule has 0 radical (unpaired) electrons. The molecule has 0 aromatic heterocycles. The lowest BCUT2D eigenvalue weighted by molar-refractivity contribution is 0.167. The summed E-state index contributed by atoms with van der Waals surface area (Å²) in [6.07, 6.45) is 7.71. The molecule has 2 heterocycles. The third-order valence-corrected chi connectivity index (χ3v) is 7.47. The number of aliphatic hydroxyl groups is 1. The Morgan fingerprint density at radius 1 is 0.861 bits per heavy atom. The minimum Gasteiger partial charge on any atom is -0.508 e. The second kappa shape index (κ2) is 11.8. The second-order valence-corrected chi connectivity index (χ2v) is 10.1. The SMILES string of the molecule is OCCC/C(=C(\c1ccc(O)cc1)c1ccc2c(c1)CC(CCN1CCCCC1)O2)c1ccccc1. The van der Waals surface area contributed by atoms with Crippen LogP contribution in [0.1, 0.15) is 60.8 Å². The smallest absolute Gasteiger partial charge is 0.123 e. The number of piperidine rings is 1. The molecule has 4 nitrogen and oxygen atoms in total.